The summed E-state index contributed by atoms with van der Waals surface area (Å²) in [5.41, 5.74) is 0.738. The van der Waals surface area contributed by atoms with Crippen molar-refractivity contribution in [3.8, 4) is 0 Å². The molecule has 2 rings (SSSR count). The average Bonchev–Trinajstić information content (AvgIpc) is 3.07. The lowest BCUT2D eigenvalue weighted by molar-refractivity contribution is 0.0943. The van der Waals surface area contributed by atoms with Gasteiger partial charge in [0.25, 0.3) is 5.91 Å². The number of carbonyl (C=O) groups excluding carboxylic acids is 1. The van der Waals surface area contributed by atoms with E-state index in [1.54, 1.807) is 0 Å². The van der Waals surface area contributed by atoms with Crippen molar-refractivity contribution < 1.29 is 9.18 Å². The van der Waals surface area contributed by atoms with Crippen molar-refractivity contribution in [3.63, 3.8) is 0 Å². The molecule has 1 fully saturated rings. The van der Waals surface area contributed by atoms with Gasteiger partial charge in [0, 0.05) is 16.0 Å². The Bertz CT molecular complexity index is 462. The molecule has 0 aliphatic heterocycles. The van der Waals surface area contributed by atoms with Gasteiger partial charge < -0.3 is 5.32 Å². The van der Waals surface area contributed by atoms with Crippen LogP contribution in [-0.2, 0) is 0 Å². The summed E-state index contributed by atoms with van der Waals surface area (Å²) >= 11 is 7.72. The fourth-order valence-electron chi connectivity index (χ4n) is 1.93. The first-order valence-corrected chi connectivity index (χ1v) is 7.47. The van der Waals surface area contributed by atoms with Crippen molar-refractivity contribution in [1.29, 1.82) is 0 Å². The van der Waals surface area contributed by atoms with E-state index in [2.05, 4.69) is 5.32 Å². The molecule has 0 aromatic heterocycles. The SMILES string of the molecule is O=C(NCC1(CCCl)CC1)c1ccc(F)cc1I. The molecule has 98 valence electrons. The molecule has 1 aliphatic rings. The highest BCUT2D eigenvalue weighted by Crippen LogP contribution is 2.48. The average molecular weight is 382 g/mol. The molecule has 0 saturated heterocycles. The second kappa shape index (κ2) is 5.74. The summed E-state index contributed by atoms with van der Waals surface area (Å²) in [5, 5.41) is 2.92. The van der Waals surface area contributed by atoms with Crippen LogP contribution in [0.2, 0.25) is 0 Å². The fourth-order valence-corrected chi connectivity index (χ4v) is 3.05. The molecule has 1 saturated carbocycles. The molecule has 1 aliphatic carbocycles. The molecule has 0 unspecified atom stereocenters. The Labute approximate surface area is 124 Å². The van der Waals surface area contributed by atoms with E-state index in [-0.39, 0.29) is 17.1 Å². The van der Waals surface area contributed by atoms with Gasteiger partial charge in [0.05, 0.1) is 5.56 Å². The van der Waals surface area contributed by atoms with Crippen LogP contribution in [0.1, 0.15) is 29.6 Å². The number of alkyl halides is 1. The Balaban J connectivity index is 1.96. The molecule has 0 radical (unpaired) electrons. The molecule has 0 spiro atoms. The number of rotatable bonds is 5. The molecule has 0 heterocycles. The van der Waals surface area contributed by atoms with Crippen molar-refractivity contribution in [2.75, 3.05) is 12.4 Å². The molecule has 1 N–H and O–H groups in total. The Morgan fingerprint density at radius 1 is 1.50 bits per heavy atom. The van der Waals surface area contributed by atoms with Crippen LogP contribution >= 0.6 is 34.2 Å². The third kappa shape index (κ3) is 3.35. The molecule has 1 amide bonds. The quantitative estimate of drug-likeness (QED) is 0.613. The van der Waals surface area contributed by atoms with E-state index in [9.17, 15) is 9.18 Å². The molecule has 1 aromatic carbocycles. The maximum atomic E-state index is 12.9. The zero-order valence-electron chi connectivity index (χ0n) is 9.81. The summed E-state index contributed by atoms with van der Waals surface area (Å²) in [7, 11) is 0. The first-order valence-electron chi connectivity index (χ1n) is 5.86. The van der Waals surface area contributed by atoms with Gasteiger partial charge in [0.1, 0.15) is 5.82 Å². The maximum absolute atomic E-state index is 12.9. The number of hydrogen-bond acceptors (Lipinski definition) is 1. The van der Waals surface area contributed by atoms with E-state index in [4.69, 9.17) is 11.6 Å². The van der Waals surface area contributed by atoms with Crippen LogP contribution in [0.4, 0.5) is 4.39 Å². The van der Waals surface area contributed by atoms with E-state index < -0.39 is 0 Å². The van der Waals surface area contributed by atoms with Crippen LogP contribution in [0.5, 0.6) is 0 Å². The van der Waals surface area contributed by atoms with Gasteiger partial charge in [-0.05, 0) is 65.5 Å². The van der Waals surface area contributed by atoms with Crippen LogP contribution in [0, 0.1) is 14.8 Å². The first-order chi connectivity index (χ1) is 8.56. The summed E-state index contributed by atoms with van der Waals surface area (Å²) in [6.45, 7) is 0.659. The van der Waals surface area contributed by atoms with E-state index >= 15 is 0 Å². The highest BCUT2D eigenvalue weighted by molar-refractivity contribution is 14.1. The predicted octanol–water partition coefficient (Wildman–Crippen LogP) is 3.57. The van der Waals surface area contributed by atoms with Gasteiger partial charge in [0.2, 0.25) is 0 Å². The van der Waals surface area contributed by atoms with E-state index in [0.717, 1.165) is 19.3 Å². The number of carbonyl (C=O) groups is 1. The van der Waals surface area contributed by atoms with Crippen LogP contribution in [-0.4, -0.2) is 18.3 Å². The lowest BCUT2D eigenvalue weighted by atomic mass is 10.0. The number of benzene rings is 1. The number of hydrogen-bond donors (Lipinski definition) is 1. The lowest BCUT2D eigenvalue weighted by Crippen LogP contribution is -2.31. The fraction of sp³-hybridized carbons (Fsp3) is 0.462. The molecule has 0 bridgehead atoms. The van der Waals surface area contributed by atoms with E-state index in [1.807, 2.05) is 22.6 Å². The first kappa shape index (κ1) is 14.1. The smallest absolute Gasteiger partial charge is 0.252 e. The molecular weight excluding hydrogens is 368 g/mol. The summed E-state index contributed by atoms with van der Waals surface area (Å²) < 4.78 is 13.6. The Kier molecular flexibility index (Phi) is 4.48. The highest BCUT2D eigenvalue weighted by Gasteiger charge is 2.41. The normalized spacial score (nSPS) is 16.4. The Morgan fingerprint density at radius 3 is 2.78 bits per heavy atom. The standard InChI is InChI=1S/C13H14ClFINO/c14-6-5-13(3-4-13)8-17-12(18)10-2-1-9(15)7-11(10)16/h1-2,7H,3-6,8H2,(H,17,18). The second-order valence-corrected chi connectivity index (χ2v) is 6.29. The summed E-state index contributed by atoms with van der Waals surface area (Å²) in [6.07, 6.45) is 3.19. The summed E-state index contributed by atoms with van der Waals surface area (Å²) in [4.78, 5) is 12.0. The Morgan fingerprint density at radius 2 is 2.22 bits per heavy atom. The summed E-state index contributed by atoms with van der Waals surface area (Å²) in [5.74, 6) is 0.168. The van der Waals surface area contributed by atoms with Crippen molar-refractivity contribution in [2.45, 2.75) is 19.3 Å². The van der Waals surface area contributed by atoms with Crippen molar-refractivity contribution in [1.82, 2.24) is 5.32 Å². The topological polar surface area (TPSA) is 29.1 Å². The number of halogens is 3. The van der Waals surface area contributed by atoms with Gasteiger partial charge in [-0.1, -0.05) is 0 Å². The molecule has 2 nitrogen and oxygen atoms in total. The largest absolute Gasteiger partial charge is 0.351 e. The van der Waals surface area contributed by atoms with Crippen LogP contribution in [0.3, 0.4) is 0 Å². The third-order valence-corrected chi connectivity index (χ3v) is 4.46. The number of nitrogens with one attached hydrogen (secondary N) is 1. The van der Waals surface area contributed by atoms with Gasteiger partial charge in [-0.2, -0.15) is 0 Å². The summed E-state index contributed by atoms with van der Waals surface area (Å²) in [6, 6.07) is 4.19. The molecule has 1 aromatic rings. The van der Waals surface area contributed by atoms with Crippen molar-refractivity contribution in [2.24, 2.45) is 5.41 Å². The van der Waals surface area contributed by atoms with Crippen LogP contribution in [0.15, 0.2) is 18.2 Å². The van der Waals surface area contributed by atoms with Crippen molar-refractivity contribution in [3.05, 3.63) is 33.1 Å². The number of amides is 1. The van der Waals surface area contributed by atoms with E-state index in [0.29, 0.717) is 21.6 Å². The van der Waals surface area contributed by atoms with E-state index in [1.165, 1.54) is 18.2 Å². The molecule has 0 atom stereocenters. The zero-order valence-corrected chi connectivity index (χ0v) is 12.7. The van der Waals surface area contributed by atoms with Gasteiger partial charge >= 0.3 is 0 Å². The zero-order chi connectivity index (χ0) is 13.2. The molecular formula is C13H14ClFINO. The predicted molar refractivity (Wildman–Crippen MR) is 78.5 cm³/mol. The van der Waals surface area contributed by atoms with Crippen molar-refractivity contribution >= 4 is 40.1 Å². The van der Waals surface area contributed by atoms with Crippen LogP contribution in [0.25, 0.3) is 0 Å². The van der Waals surface area contributed by atoms with Gasteiger partial charge in [0.15, 0.2) is 0 Å². The van der Waals surface area contributed by atoms with Crippen LogP contribution < -0.4 is 5.32 Å². The van der Waals surface area contributed by atoms with Gasteiger partial charge in [-0.3, -0.25) is 4.79 Å². The molecule has 5 heteroatoms. The second-order valence-electron chi connectivity index (χ2n) is 4.75. The maximum Gasteiger partial charge on any atom is 0.252 e. The lowest BCUT2D eigenvalue weighted by Gasteiger charge is -2.14. The van der Waals surface area contributed by atoms with Gasteiger partial charge in [-0.25, -0.2) is 4.39 Å². The minimum Gasteiger partial charge on any atom is -0.351 e. The highest BCUT2D eigenvalue weighted by atomic mass is 127. The molecule has 18 heavy (non-hydrogen) atoms. The minimum absolute atomic E-state index is 0.139. The minimum atomic E-state index is -0.322. The monoisotopic (exact) mass is 381 g/mol. The Hall–Kier alpha value is -0.360. The third-order valence-electron chi connectivity index (χ3n) is 3.38. The van der Waals surface area contributed by atoms with Gasteiger partial charge in [-0.15, -0.1) is 11.6 Å².